The predicted molar refractivity (Wildman–Crippen MR) is 115 cm³/mol. The number of aliphatic imine (C=N–C) groups is 1. The normalized spacial score (nSPS) is 20.3. The first kappa shape index (κ1) is 21.6. The number of aromatic nitrogens is 2. The number of ether oxygens (including phenoxy) is 1. The Morgan fingerprint density at radius 3 is 2.70 bits per heavy atom. The lowest BCUT2D eigenvalue weighted by atomic mass is 10.1. The molecule has 6 nitrogen and oxygen atoms in total. The van der Waals surface area contributed by atoms with Crippen molar-refractivity contribution in [1.82, 2.24) is 20.0 Å². The second kappa shape index (κ2) is 10.0. The summed E-state index contributed by atoms with van der Waals surface area (Å²) in [4.78, 5) is 6.60. The van der Waals surface area contributed by atoms with E-state index in [1.807, 2.05) is 30.9 Å². The van der Waals surface area contributed by atoms with E-state index in [4.69, 9.17) is 4.74 Å². The molecule has 0 amide bonds. The molecule has 1 aliphatic heterocycles. The number of nitrogens with zero attached hydrogens (tertiary/aromatic N) is 4. The minimum Gasteiger partial charge on any atom is -0.367 e. The number of hydrogen-bond acceptors (Lipinski definition) is 3. The van der Waals surface area contributed by atoms with Crippen molar-refractivity contribution in [2.45, 2.75) is 32.6 Å². The zero-order valence-electron chi connectivity index (χ0n) is 15.9. The molecule has 0 saturated carbocycles. The van der Waals surface area contributed by atoms with Gasteiger partial charge in [0.2, 0.25) is 0 Å². The largest absolute Gasteiger partial charge is 0.367 e. The van der Waals surface area contributed by atoms with Crippen molar-refractivity contribution in [3.05, 3.63) is 53.6 Å². The number of morpholine rings is 1. The fourth-order valence-corrected chi connectivity index (χ4v) is 3.19. The van der Waals surface area contributed by atoms with Crippen LogP contribution in [0.2, 0.25) is 0 Å². The summed E-state index contributed by atoms with van der Waals surface area (Å²) in [7, 11) is 1.79. The van der Waals surface area contributed by atoms with Crippen LogP contribution in [0.1, 0.15) is 24.2 Å². The molecular weight excluding hydrogens is 460 g/mol. The Bertz CT molecular complexity index is 749. The van der Waals surface area contributed by atoms with Crippen molar-refractivity contribution in [1.29, 1.82) is 0 Å². The molecule has 1 aliphatic rings. The summed E-state index contributed by atoms with van der Waals surface area (Å²) in [6.07, 6.45) is 3.83. The third-order valence-electron chi connectivity index (χ3n) is 4.40. The molecule has 2 heterocycles. The molecular formula is C19H27FIN5O. The highest BCUT2D eigenvalue weighted by molar-refractivity contribution is 14.0. The molecule has 1 fully saturated rings. The Balaban J connectivity index is 0.00000261. The van der Waals surface area contributed by atoms with Gasteiger partial charge in [-0.2, -0.15) is 5.10 Å². The average Bonchev–Trinajstić information content (AvgIpc) is 3.04. The molecule has 8 heteroatoms. The summed E-state index contributed by atoms with van der Waals surface area (Å²) in [6.45, 7) is 7.02. The minimum absolute atomic E-state index is 0. The summed E-state index contributed by atoms with van der Waals surface area (Å²) in [5.41, 5.74) is 2.13. The van der Waals surface area contributed by atoms with E-state index in [2.05, 4.69) is 20.3 Å². The number of guanidine groups is 1. The van der Waals surface area contributed by atoms with E-state index < -0.39 is 0 Å². The van der Waals surface area contributed by atoms with E-state index in [1.54, 1.807) is 19.2 Å². The smallest absolute Gasteiger partial charge is 0.193 e. The quantitative estimate of drug-likeness (QED) is 0.410. The van der Waals surface area contributed by atoms with Gasteiger partial charge in [0.05, 0.1) is 25.4 Å². The Labute approximate surface area is 176 Å². The van der Waals surface area contributed by atoms with E-state index in [-0.39, 0.29) is 42.0 Å². The second-order valence-corrected chi connectivity index (χ2v) is 6.65. The topological polar surface area (TPSA) is 54.7 Å². The highest BCUT2D eigenvalue weighted by Crippen LogP contribution is 2.25. The van der Waals surface area contributed by atoms with Crippen LogP contribution in [0.5, 0.6) is 0 Å². The van der Waals surface area contributed by atoms with Crippen molar-refractivity contribution >= 4 is 29.9 Å². The maximum atomic E-state index is 13.2. The van der Waals surface area contributed by atoms with Crippen LogP contribution < -0.4 is 5.32 Å². The van der Waals surface area contributed by atoms with E-state index in [1.165, 1.54) is 12.1 Å². The van der Waals surface area contributed by atoms with Gasteiger partial charge in [0.25, 0.3) is 0 Å². The lowest BCUT2D eigenvalue weighted by molar-refractivity contribution is -0.0605. The van der Waals surface area contributed by atoms with Crippen LogP contribution in [0.4, 0.5) is 4.39 Å². The summed E-state index contributed by atoms with van der Waals surface area (Å²) in [5, 5.41) is 7.69. The second-order valence-electron chi connectivity index (χ2n) is 6.65. The standard InChI is InChI=1S/C19H26FN5O.HI/c1-14-10-23-25(11-14)9-8-22-19(21-3)24-12-15(2)26-18(13-24)16-4-6-17(20)7-5-16;/h4-7,10-11,15,18H,8-9,12-13H2,1-3H3,(H,21,22);1H. The first-order chi connectivity index (χ1) is 12.5. The summed E-state index contributed by atoms with van der Waals surface area (Å²) in [6, 6.07) is 6.52. The molecule has 1 N–H and O–H groups in total. The zero-order chi connectivity index (χ0) is 18.5. The monoisotopic (exact) mass is 487 g/mol. The Hall–Kier alpha value is -1.68. The van der Waals surface area contributed by atoms with E-state index in [0.717, 1.165) is 36.7 Å². The first-order valence-corrected chi connectivity index (χ1v) is 8.90. The molecule has 1 aromatic heterocycles. The molecule has 2 unspecified atom stereocenters. The zero-order valence-corrected chi connectivity index (χ0v) is 18.3. The molecule has 27 heavy (non-hydrogen) atoms. The lowest BCUT2D eigenvalue weighted by Gasteiger charge is -2.38. The molecule has 0 spiro atoms. The summed E-state index contributed by atoms with van der Waals surface area (Å²) >= 11 is 0. The third kappa shape index (κ3) is 5.90. The van der Waals surface area contributed by atoms with Gasteiger partial charge in [0.1, 0.15) is 11.9 Å². The van der Waals surface area contributed by atoms with Crippen LogP contribution in [-0.2, 0) is 11.3 Å². The molecule has 1 saturated heterocycles. The Morgan fingerprint density at radius 2 is 2.07 bits per heavy atom. The molecule has 2 atom stereocenters. The van der Waals surface area contributed by atoms with Crippen LogP contribution in [0.15, 0.2) is 41.7 Å². The van der Waals surface area contributed by atoms with Crippen LogP contribution >= 0.6 is 24.0 Å². The maximum absolute atomic E-state index is 13.2. The summed E-state index contributed by atoms with van der Waals surface area (Å²) < 4.78 is 21.2. The molecule has 0 aliphatic carbocycles. The number of hydrogen-bond donors (Lipinski definition) is 1. The fourth-order valence-electron chi connectivity index (χ4n) is 3.19. The Morgan fingerprint density at radius 1 is 1.33 bits per heavy atom. The fraction of sp³-hybridized carbons (Fsp3) is 0.474. The number of benzene rings is 1. The average molecular weight is 487 g/mol. The van der Waals surface area contributed by atoms with Gasteiger partial charge in [-0.15, -0.1) is 24.0 Å². The number of nitrogens with one attached hydrogen (secondary N) is 1. The van der Waals surface area contributed by atoms with Crippen LogP contribution in [0.3, 0.4) is 0 Å². The lowest BCUT2D eigenvalue weighted by Crippen LogP contribution is -2.51. The van der Waals surface area contributed by atoms with Crippen molar-refractivity contribution in [3.8, 4) is 0 Å². The van der Waals surface area contributed by atoms with Crippen LogP contribution in [0, 0.1) is 12.7 Å². The molecule has 148 valence electrons. The highest BCUT2D eigenvalue weighted by atomic mass is 127. The van der Waals surface area contributed by atoms with Gasteiger partial charge in [-0.05, 0) is 37.1 Å². The molecule has 0 radical (unpaired) electrons. The minimum atomic E-state index is -0.235. The number of aryl methyl sites for hydroxylation is 1. The summed E-state index contributed by atoms with van der Waals surface area (Å²) in [5.74, 6) is 0.608. The highest BCUT2D eigenvalue weighted by Gasteiger charge is 2.28. The van der Waals surface area contributed by atoms with Crippen LogP contribution in [0.25, 0.3) is 0 Å². The molecule has 2 aromatic rings. The molecule has 1 aromatic carbocycles. The molecule has 3 rings (SSSR count). The third-order valence-corrected chi connectivity index (χ3v) is 4.40. The number of halogens is 2. The van der Waals surface area contributed by atoms with Crippen molar-refractivity contribution in [2.75, 3.05) is 26.7 Å². The Kier molecular flexibility index (Phi) is 8.03. The van der Waals surface area contributed by atoms with Crippen molar-refractivity contribution in [3.63, 3.8) is 0 Å². The van der Waals surface area contributed by atoms with Crippen molar-refractivity contribution in [2.24, 2.45) is 4.99 Å². The number of rotatable bonds is 4. The van der Waals surface area contributed by atoms with E-state index in [9.17, 15) is 4.39 Å². The van der Waals surface area contributed by atoms with Crippen molar-refractivity contribution < 1.29 is 9.13 Å². The van der Waals surface area contributed by atoms with Gasteiger partial charge in [0, 0.05) is 26.3 Å². The van der Waals surface area contributed by atoms with Crippen LogP contribution in [-0.4, -0.2) is 53.4 Å². The maximum Gasteiger partial charge on any atom is 0.193 e. The first-order valence-electron chi connectivity index (χ1n) is 8.90. The van der Waals surface area contributed by atoms with Gasteiger partial charge in [-0.25, -0.2) is 4.39 Å². The van der Waals surface area contributed by atoms with Gasteiger partial charge >= 0.3 is 0 Å². The van der Waals surface area contributed by atoms with Gasteiger partial charge in [-0.1, -0.05) is 12.1 Å². The van der Waals surface area contributed by atoms with E-state index >= 15 is 0 Å². The van der Waals surface area contributed by atoms with Gasteiger partial charge in [-0.3, -0.25) is 9.67 Å². The van der Waals surface area contributed by atoms with Gasteiger partial charge < -0.3 is 15.0 Å². The predicted octanol–water partition coefficient (Wildman–Crippen LogP) is 2.99. The van der Waals surface area contributed by atoms with E-state index in [0.29, 0.717) is 6.54 Å². The SMILES string of the molecule is CN=C(NCCn1cc(C)cn1)N1CC(C)OC(c2ccc(F)cc2)C1.I. The van der Waals surface area contributed by atoms with Gasteiger partial charge in [0.15, 0.2) is 5.96 Å². The molecule has 0 bridgehead atoms.